The van der Waals surface area contributed by atoms with Crippen molar-refractivity contribution in [3.05, 3.63) is 29.6 Å². The van der Waals surface area contributed by atoms with Gasteiger partial charge >= 0.3 is 0 Å². The number of carbonyl (C=O) groups is 1. The second-order valence-electron chi connectivity index (χ2n) is 4.31. The number of anilines is 1. The molecule has 98 valence electrons. The number of nitrogens with two attached hydrogens (primary N) is 2. The maximum atomic E-state index is 13.2. The number of nitrogens with zero attached hydrogens (tertiary/aromatic N) is 1. The van der Waals surface area contributed by atoms with Gasteiger partial charge in [0, 0.05) is 18.8 Å². The molecule has 1 aromatic carbocycles. The summed E-state index contributed by atoms with van der Waals surface area (Å²) < 4.78 is 18.4. The van der Waals surface area contributed by atoms with Crippen LogP contribution in [0.15, 0.2) is 18.2 Å². The molecule has 1 saturated heterocycles. The average Bonchev–Trinajstić information content (AvgIpc) is 2.34. The number of benzene rings is 1. The van der Waals surface area contributed by atoms with E-state index >= 15 is 0 Å². The van der Waals surface area contributed by atoms with Crippen LogP contribution in [0.3, 0.4) is 0 Å². The van der Waals surface area contributed by atoms with E-state index in [1.165, 1.54) is 18.2 Å². The minimum absolute atomic E-state index is 0.268. The Morgan fingerprint density at radius 2 is 2.33 bits per heavy atom. The molecule has 1 heterocycles. The molecule has 1 unspecified atom stereocenters. The van der Waals surface area contributed by atoms with Gasteiger partial charge in [0.1, 0.15) is 11.9 Å². The van der Waals surface area contributed by atoms with Gasteiger partial charge in [-0.2, -0.15) is 0 Å². The summed E-state index contributed by atoms with van der Waals surface area (Å²) in [6, 6.07) is 3.72. The highest BCUT2D eigenvalue weighted by Gasteiger charge is 2.27. The lowest BCUT2D eigenvalue weighted by Gasteiger charge is -2.33. The fraction of sp³-hybridized carbons (Fsp3) is 0.417. The Bertz CT molecular complexity index is 453. The Morgan fingerprint density at radius 3 is 3.06 bits per heavy atom. The topological polar surface area (TPSA) is 81.6 Å². The van der Waals surface area contributed by atoms with Crippen LogP contribution in [0.25, 0.3) is 0 Å². The van der Waals surface area contributed by atoms with Crippen molar-refractivity contribution in [3.8, 4) is 0 Å². The molecule has 6 heteroatoms. The van der Waals surface area contributed by atoms with Crippen LogP contribution in [0.4, 0.5) is 10.1 Å². The molecule has 1 aromatic rings. The monoisotopic (exact) mass is 253 g/mol. The summed E-state index contributed by atoms with van der Waals surface area (Å²) in [7, 11) is 0. The molecule has 4 N–H and O–H groups in total. The second kappa shape index (κ2) is 5.32. The molecule has 0 bridgehead atoms. The lowest BCUT2D eigenvalue weighted by Crippen LogP contribution is -2.51. The zero-order valence-electron chi connectivity index (χ0n) is 9.93. The van der Waals surface area contributed by atoms with Crippen LogP contribution in [-0.2, 0) is 16.1 Å². The van der Waals surface area contributed by atoms with E-state index in [1.54, 1.807) is 0 Å². The number of nitrogen functional groups attached to an aromatic ring is 1. The minimum atomic E-state index is -0.485. The summed E-state index contributed by atoms with van der Waals surface area (Å²) in [5, 5.41) is 0. The van der Waals surface area contributed by atoms with E-state index in [0.717, 1.165) is 0 Å². The third-order valence-electron chi connectivity index (χ3n) is 3.05. The van der Waals surface area contributed by atoms with E-state index in [-0.39, 0.29) is 12.4 Å². The van der Waals surface area contributed by atoms with E-state index < -0.39 is 11.9 Å². The highest BCUT2D eigenvalue weighted by Crippen LogP contribution is 2.18. The number of rotatable bonds is 3. The number of hydrogen-bond acceptors (Lipinski definition) is 4. The molecular formula is C12H16FN3O2. The van der Waals surface area contributed by atoms with Crippen molar-refractivity contribution >= 4 is 11.6 Å². The Kier molecular flexibility index (Phi) is 3.78. The zero-order chi connectivity index (χ0) is 13.1. The standard InChI is InChI=1S/C12H16FN3O2/c13-9-1-2-10(14)8(5-9)6-16-3-4-18-7-11(16)12(15)17/h1-2,5,11H,3-4,6-7,14H2,(H2,15,17). The normalized spacial score (nSPS) is 20.8. The number of primary amides is 1. The predicted octanol–water partition coefficient (Wildman–Crippen LogP) is 0.0940. The highest BCUT2D eigenvalue weighted by atomic mass is 19.1. The van der Waals surface area contributed by atoms with Gasteiger partial charge in [-0.1, -0.05) is 0 Å². The largest absolute Gasteiger partial charge is 0.398 e. The smallest absolute Gasteiger partial charge is 0.237 e. The molecule has 1 aliphatic rings. The van der Waals surface area contributed by atoms with Gasteiger partial charge in [0.15, 0.2) is 0 Å². The Morgan fingerprint density at radius 1 is 1.56 bits per heavy atom. The molecule has 1 atom stereocenters. The van der Waals surface area contributed by atoms with E-state index in [1.807, 2.05) is 4.90 Å². The summed E-state index contributed by atoms with van der Waals surface area (Å²) >= 11 is 0. The lowest BCUT2D eigenvalue weighted by molar-refractivity contribution is -0.129. The predicted molar refractivity (Wildman–Crippen MR) is 65.0 cm³/mol. The molecule has 2 rings (SSSR count). The Hall–Kier alpha value is -1.66. The van der Waals surface area contributed by atoms with Gasteiger partial charge in [-0.05, 0) is 23.8 Å². The van der Waals surface area contributed by atoms with Crippen LogP contribution in [0.2, 0.25) is 0 Å². The van der Waals surface area contributed by atoms with Crippen molar-refractivity contribution in [2.75, 3.05) is 25.5 Å². The van der Waals surface area contributed by atoms with Crippen molar-refractivity contribution in [3.63, 3.8) is 0 Å². The number of ether oxygens (including phenoxy) is 1. The molecule has 0 saturated carbocycles. The van der Waals surface area contributed by atoms with Gasteiger partial charge in [-0.3, -0.25) is 9.69 Å². The van der Waals surface area contributed by atoms with Crippen LogP contribution < -0.4 is 11.5 Å². The molecule has 0 radical (unpaired) electrons. The van der Waals surface area contributed by atoms with E-state index in [4.69, 9.17) is 16.2 Å². The first-order chi connectivity index (χ1) is 8.58. The van der Waals surface area contributed by atoms with Crippen LogP contribution in [-0.4, -0.2) is 36.6 Å². The van der Waals surface area contributed by atoms with E-state index in [9.17, 15) is 9.18 Å². The van der Waals surface area contributed by atoms with Gasteiger partial charge in [0.2, 0.25) is 5.91 Å². The van der Waals surface area contributed by atoms with Crippen molar-refractivity contribution < 1.29 is 13.9 Å². The Labute approximate surface area is 104 Å². The molecule has 0 spiro atoms. The molecular weight excluding hydrogens is 237 g/mol. The molecule has 0 aliphatic carbocycles. The highest BCUT2D eigenvalue weighted by molar-refractivity contribution is 5.80. The summed E-state index contributed by atoms with van der Waals surface area (Å²) in [4.78, 5) is 13.2. The van der Waals surface area contributed by atoms with Gasteiger partial charge in [-0.25, -0.2) is 4.39 Å². The van der Waals surface area contributed by atoms with Crippen molar-refractivity contribution in [2.24, 2.45) is 5.73 Å². The first-order valence-electron chi connectivity index (χ1n) is 5.73. The summed E-state index contributed by atoms with van der Waals surface area (Å²) in [6.07, 6.45) is 0. The quantitative estimate of drug-likeness (QED) is 0.748. The molecule has 5 nitrogen and oxygen atoms in total. The van der Waals surface area contributed by atoms with Crippen molar-refractivity contribution in [2.45, 2.75) is 12.6 Å². The fourth-order valence-electron chi connectivity index (χ4n) is 2.02. The Balaban J connectivity index is 2.15. The number of carbonyl (C=O) groups excluding carboxylic acids is 1. The zero-order valence-corrected chi connectivity index (χ0v) is 9.93. The van der Waals surface area contributed by atoms with Gasteiger partial charge in [-0.15, -0.1) is 0 Å². The fourth-order valence-corrected chi connectivity index (χ4v) is 2.02. The van der Waals surface area contributed by atoms with E-state index in [0.29, 0.717) is 30.9 Å². The number of halogens is 1. The average molecular weight is 253 g/mol. The molecule has 1 aliphatic heterocycles. The maximum Gasteiger partial charge on any atom is 0.237 e. The van der Waals surface area contributed by atoms with Gasteiger partial charge in [0.05, 0.1) is 13.2 Å². The number of hydrogen-bond donors (Lipinski definition) is 2. The van der Waals surface area contributed by atoms with Crippen molar-refractivity contribution in [1.29, 1.82) is 0 Å². The van der Waals surface area contributed by atoms with Crippen LogP contribution in [0.1, 0.15) is 5.56 Å². The SMILES string of the molecule is NC(=O)C1COCCN1Cc1cc(F)ccc1N. The number of morpholine rings is 1. The summed E-state index contributed by atoms with van der Waals surface area (Å²) in [6.45, 7) is 1.76. The minimum Gasteiger partial charge on any atom is -0.398 e. The number of amides is 1. The van der Waals surface area contributed by atoms with Crippen LogP contribution in [0.5, 0.6) is 0 Å². The first-order valence-corrected chi connectivity index (χ1v) is 5.73. The molecule has 1 amide bonds. The second-order valence-corrected chi connectivity index (χ2v) is 4.31. The molecule has 0 aromatic heterocycles. The third kappa shape index (κ3) is 2.77. The van der Waals surface area contributed by atoms with E-state index in [2.05, 4.69) is 0 Å². The van der Waals surface area contributed by atoms with Gasteiger partial charge in [0.25, 0.3) is 0 Å². The van der Waals surface area contributed by atoms with Crippen molar-refractivity contribution in [1.82, 2.24) is 4.90 Å². The first kappa shape index (κ1) is 12.8. The molecule has 1 fully saturated rings. The molecule has 18 heavy (non-hydrogen) atoms. The maximum absolute atomic E-state index is 13.2. The van der Waals surface area contributed by atoms with Gasteiger partial charge < -0.3 is 16.2 Å². The summed E-state index contributed by atoms with van der Waals surface area (Å²) in [5.41, 5.74) is 12.3. The lowest BCUT2D eigenvalue weighted by atomic mass is 10.1. The van der Waals surface area contributed by atoms with Crippen LogP contribution >= 0.6 is 0 Å². The van der Waals surface area contributed by atoms with Crippen LogP contribution in [0, 0.1) is 5.82 Å². The summed E-state index contributed by atoms with van der Waals surface area (Å²) in [5.74, 6) is -0.784. The third-order valence-corrected chi connectivity index (χ3v) is 3.05.